The van der Waals surface area contributed by atoms with Crippen molar-refractivity contribution in [2.75, 3.05) is 5.73 Å². The number of fused-ring (bicyclic) bond motifs is 5. The molecule has 4 unspecified atom stereocenters. The van der Waals surface area contributed by atoms with Gasteiger partial charge in [-0.15, -0.1) is 5.10 Å². The van der Waals surface area contributed by atoms with E-state index in [1.165, 1.54) is 19.3 Å². The molecule has 1 heterocycles. The third-order valence-corrected chi connectivity index (χ3v) is 6.03. The van der Waals surface area contributed by atoms with E-state index in [2.05, 4.69) is 20.2 Å². The Bertz CT molecular complexity index is 705. The van der Waals surface area contributed by atoms with E-state index in [9.17, 15) is 0 Å². The molecule has 2 aromatic rings. The van der Waals surface area contributed by atoms with Gasteiger partial charge >= 0.3 is 0 Å². The predicted molar refractivity (Wildman–Crippen MR) is 79.3 cm³/mol. The number of para-hydroxylation sites is 1. The summed E-state index contributed by atoms with van der Waals surface area (Å²) in [6.07, 6.45) is 4.26. The smallest absolute Gasteiger partial charge is 0.184 e. The fourth-order valence-electron chi connectivity index (χ4n) is 5.05. The van der Waals surface area contributed by atoms with Gasteiger partial charge in [-0.05, 0) is 71.9 Å². The molecule has 0 amide bonds. The number of nitrogens with two attached hydrogens (primary N) is 1. The highest BCUT2D eigenvalue weighted by Crippen LogP contribution is 2.71. The van der Waals surface area contributed by atoms with Gasteiger partial charge < -0.3 is 5.73 Å². The van der Waals surface area contributed by atoms with E-state index >= 15 is 0 Å². The van der Waals surface area contributed by atoms with Crippen LogP contribution in [0.4, 0.5) is 5.69 Å². The maximum Gasteiger partial charge on any atom is 0.184 e. The molecule has 3 saturated carbocycles. The van der Waals surface area contributed by atoms with Crippen molar-refractivity contribution >= 4 is 5.69 Å². The Morgan fingerprint density at radius 2 is 1.95 bits per heavy atom. The maximum atomic E-state index is 6.24. The number of benzene rings is 1. The molecule has 0 spiro atoms. The predicted octanol–water partition coefficient (Wildman–Crippen LogP) is 2.45. The van der Waals surface area contributed by atoms with Gasteiger partial charge in [0.25, 0.3) is 0 Å². The van der Waals surface area contributed by atoms with Crippen molar-refractivity contribution in [2.45, 2.75) is 32.2 Å². The molecule has 5 nitrogen and oxygen atoms in total. The fraction of sp³-hybridized carbons (Fsp3) is 0.562. The van der Waals surface area contributed by atoms with Crippen LogP contribution in [0.2, 0.25) is 0 Å². The van der Waals surface area contributed by atoms with Crippen LogP contribution < -0.4 is 5.73 Å². The molecule has 3 aliphatic carbocycles. The van der Waals surface area contributed by atoms with Crippen molar-refractivity contribution in [3.05, 3.63) is 23.8 Å². The van der Waals surface area contributed by atoms with Crippen LogP contribution in [0.5, 0.6) is 0 Å². The van der Waals surface area contributed by atoms with Gasteiger partial charge in [0, 0.05) is 11.3 Å². The molecule has 2 N–H and O–H groups in total. The maximum absolute atomic E-state index is 6.24. The molecule has 1 aromatic carbocycles. The standard InChI is InChI=1S/C16H19N5/c1-8-3-2-4-11(14(8)17)16-18-19-20-21(16)15-12-9-5-6-10(7-9)13(12)15/h2-4,9-10,12-13,15H,5-7,17H2,1H3. The molecule has 3 aliphatic rings. The first-order valence-electron chi connectivity index (χ1n) is 7.89. The lowest BCUT2D eigenvalue weighted by atomic mass is 10.0. The molecule has 3 fully saturated rings. The third kappa shape index (κ3) is 1.44. The Morgan fingerprint density at radius 3 is 2.71 bits per heavy atom. The summed E-state index contributed by atoms with van der Waals surface area (Å²) >= 11 is 0. The molecular formula is C16H19N5. The second-order valence-electron chi connectivity index (χ2n) is 6.96. The second kappa shape index (κ2) is 3.84. The summed E-state index contributed by atoms with van der Waals surface area (Å²) < 4.78 is 2.06. The fourth-order valence-corrected chi connectivity index (χ4v) is 5.05. The number of hydrogen-bond donors (Lipinski definition) is 1. The zero-order chi connectivity index (χ0) is 14.1. The SMILES string of the molecule is Cc1cccc(-c2nnnn2C2C3C4CCC(C4)C32)c1N. The minimum atomic E-state index is 0.515. The number of hydrogen-bond acceptors (Lipinski definition) is 4. The van der Waals surface area contributed by atoms with Crippen LogP contribution >= 0.6 is 0 Å². The lowest BCUT2D eigenvalue weighted by Gasteiger charge is -2.12. The summed E-state index contributed by atoms with van der Waals surface area (Å²) in [6, 6.07) is 6.59. The third-order valence-electron chi connectivity index (χ3n) is 6.03. The van der Waals surface area contributed by atoms with Crippen LogP contribution in [0.3, 0.4) is 0 Å². The van der Waals surface area contributed by atoms with Gasteiger partial charge in [0.1, 0.15) is 0 Å². The van der Waals surface area contributed by atoms with Crippen molar-refractivity contribution in [1.82, 2.24) is 20.2 Å². The molecule has 4 atom stereocenters. The molecule has 0 aliphatic heterocycles. The van der Waals surface area contributed by atoms with Crippen LogP contribution in [0, 0.1) is 30.6 Å². The molecule has 108 valence electrons. The lowest BCUT2D eigenvalue weighted by molar-refractivity contribution is 0.427. The van der Waals surface area contributed by atoms with E-state index in [0.717, 1.165) is 46.3 Å². The summed E-state index contributed by atoms with van der Waals surface area (Å²) in [5.41, 5.74) is 9.08. The number of aromatic nitrogens is 4. The van der Waals surface area contributed by atoms with Crippen molar-refractivity contribution in [1.29, 1.82) is 0 Å². The molecule has 0 saturated heterocycles. The number of anilines is 1. The van der Waals surface area contributed by atoms with Crippen molar-refractivity contribution < 1.29 is 0 Å². The highest BCUT2D eigenvalue weighted by molar-refractivity contribution is 5.74. The summed E-state index contributed by atoms with van der Waals surface area (Å²) in [7, 11) is 0. The second-order valence-corrected chi connectivity index (χ2v) is 6.96. The van der Waals surface area contributed by atoms with E-state index in [-0.39, 0.29) is 0 Å². The monoisotopic (exact) mass is 281 g/mol. The summed E-state index contributed by atoms with van der Waals surface area (Å²) in [6.45, 7) is 2.03. The van der Waals surface area contributed by atoms with Gasteiger partial charge in [0.15, 0.2) is 5.82 Å². The topological polar surface area (TPSA) is 69.6 Å². The van der Waals surface area contributed by atoms with E-state index in [0.29, 0.717) is 6.04 Å². The Kier molecular flexibility index (Phi) is 2.14. The van der Waals surface area contributed by atoms with Crippen LogP contribution in [0.25, 0.3) is 11.4 Å². The molecule has 5 heteroatoms. The largest absolute Gasteiger partial charge is 0.398 e. The van der Waals surface area contributed by atoms with Gasteiger partial charge in [0.05, 0.1) is 6.04 Å². The molecule has 21 heavy (non-hydrogen) atoms. The van der Waals surface area contributed by atoms with Crippen molar-refractivity contribution in [3.63, 3.8) is 0 Å². The summed E-state index contributed by atoms with van der Waals surface area (Å²) in [5.74, 6) is 4.30. The minimum absolute atomic E-state index is 0.515. The van der Waals surface area contributed by atoms with Gasteiger partial charge in [-0.1, -0.05) is 12.1 Å². The van der Waals surface area contributed by atoms with E-state index < -0.39 is 0 Å². The van der Waals surface area contributed by atoms with Gasteiger partial charge in [-0.25, -0.2) is 4.68 Å². The quantitative estimate of drug-likeness (QED) is 0.858. The van der Waals surface area contributed by atoms with Gasteiger partial charge in [0.2, 0.25) is 0 Å². The molecule has 0 radical (unpaired) electrons. The number of nitrogens with zero attached hydrogens (tertiary/aromatic N) is 4. The first kappa shape index (κ1) is 11.7. The normalized spacial score (nSPS) is 36.0. The Morgan fingerprint density at radius 1 is 1.19 bits per heavy atom. The molecule has 1 aromatic heterocycles. The van der Waals surface area contributed by atoms with Crippen LogP contribution in [0.15, 0.2) is 18.2 Å². The van der Waals surface area contributed by atoms with E-state index in [4.69, 9.17) is 5.73 Å². The number of tetrazole rings is 1. The first-order chi connectivity index (χ1) is 10.3. The molecule has 2 bridgehead atoms. The van der Waals surface area contributed by atoms with Gasteiger partial charge in [-0.2, -0.15) is 0 Å². The highest BCUT2D eigenvalue weighted by atomic mass is 15.6. The average Bonchev–Trinajstić information content (AvgIpc) is 2.90. The van der Waals surface area contributed by atoms with Crippen LogP contribution in [-0.4, -0.2) is 20.2 Å². The average molecular weight is 281 g/mol. The highest BCUT2D eigenvalue weighted by Gasteiger charge is 2.66. The van der Waals surface area contributed by atoms with Crippen LogP contribution in [0.1, 0.15) is 30.9 Å². The number of nitrogen functional groups attached to an aromatic ring is 1. The van der Waals surface area contributed by atoms with E-state index in [1.54, 1.807) is 0 Å². The van der Waals surface area contributed by atoms with Crippen molar-refractivity contribution in [3.8, 4) is 11.4 Å². The molecular weight excluding hydrogens is 262 g/mol. The van der Waals surface area contributed by atoms with Gasteiger partial charge in [-0.3, -0.25) is 0 Å². The zero-order valence-electron chi connectivity index (χ0n) is 12.1. The Balaban J connectivity index is 1.56. The summed E-state index contributed by atoms with van der Waals surface area (Å²) in [4.78, 5) is 0. The summed E-state index contributed by atoms with van der Waals surface area (Å²) in [5, 5.41) is 12.5. The van der Waals surface area contributed by atoms with Crippen LogP contribution in [-0.2, 0) is 0 Å². The van der Waals surface area contributed by atoms with Crippen molar-refractivity contribution in [2.24, 2.45) is 23.7 Å². The number of rotatable bonds is 2. The number of aryl methyl sites for hydroxylation is 1. The minimum Gasteiger partial charge on any atom is -0.398 e. The lowest BCUT2D eigenvalue weighted by Crippen LogP contribution is -2.09. The molecule has 5 rings (SSSR count). The Labute approximate surface area is 123 Å². The zero-order valence-corrected chi connectivity index (χ0v) is 12.1. The first-order valence-corrected chi connectivity index (χ1v) is 7.89. The van der Waals surface area contributed by atoms with E-state index in [1.807, 2.05) is 25.1 Å². The Hall–Kier alpha value is -1.91.